The van der Waals surface area contributed by atoms with Crippen molar-refractivity contribution in [3.8, 4) is 5.75 Å². The minimum Gasteiger partial charge on any atom is -0.508 e. The molecule has 1 amide bonds. The number of carbonyl (C=O) groups excluding carboxylic acids is 1. The molecule has 4 heteroatoms. The minimum absolute atomic E-state index is 0.0644. The predicted octanol–water partition coefficient (Wildman–Crippen LogP) is 2.39. The van der Waals surface area contributed by atoms with E-state index in [9.17, 15) is 9.90 Å². The molecule has 0 fully saturated rings. The van der Waals surface area contributed by atoms with Crippen molar-refractivity contribution in [3.63, 3.8) is 0 Å². The van der Waals surface area contributed by atoms with Crippen molar-refractivity contribution in [1.82, 2.24) is 4.90 Å². The Balaban J connectivity index is 1.66. The highest BCUT2D eigenvalue weighted by Gasteiger charge is 2.28. The number of phenols is 1. The van der Waals surface area contributed by atoms with E-state index in [1.54, 1.807) is 30.1 Å². The SMILES string of the molecule is CN(Cc1cccc(O)c1)C(=O)C1Cc2ccccc2N1. The van der Waals surface area contributed by atoms with Gasteiger partial charge in [0.25, 0.3) is 0 Å². The molecular weight excluding hydrogens is 264 g/mol. The number of phenolic OH excluding ortho intramolecular Hbond substituents is 1. The molecule has 21 heavy (non-hydrogen) atoms. The van der Waals surface area contributed by atoms with Crippen LogP contribution in [-0.2, 0) is 17.8 Å². The number of nitrogens with one attached hydrogen (secondary N) is 1. The maximum atomic E-state index is 12.5. The fourth-order valence-corrected chi connectivity index (χ4v) is 2.72. The summed E-state index contributed by atoms with van der Waals surface area (Å²) in [5.74, 6) is 0.286. The van der Waals surface area contributed by atoms with Crippen LogP contribution in [0.1, 0.15) is 11.1 Å². The fourth-order valence-electron chi connectivity index (χ4n) is 2.72. The molecular formula is C17H18N2O2. The fraction of sp³-hybridized carbons (Fsp3) is 0.235. The predicted molar refractivity (Wildman–Crippen MR) is 82.1 cm³/mol. The summed E-state index contributed by atoms with van der Waals surface area (Å²) in [6, 6.07) is 14.8. The number of likely N-dealkylation sites (N-methyl/N-ethyl adjacent to an activating group) is 1. The van der Waals surface area contributed by atoms with E-state index in [1.165, 1.54) is 5.56 Å². The summed E-state index contributed by atoms with van der Waals surface area (Å²) in [4.78, 5) is 14.2. The first-order valence-electron chi connectivity index (χ1n) is 7.01. The number of aromatic hydroxyl groups is 1. The average Bonchev–Trinajstić information content (AvgIpc) is 2.90. The number of hydrogen-bond acceptors (Lipinski definition) is 3. The standard InChI is InChI=1S/C17H18N2O2/c1-19(11-12-5-4-7-14(20)9-12)17(21)16-10-13-6-2-3-8-15(13)18-16/h2-9,16,18,20H,10-11H2,1H3. The molecule has 0 spiro atoms. The maximum absolute atomic E-state index is 12.5. The first-order chi connectivity index (χ1) is 10.1. The van der Waals surface area contributed by atoms with Crippen molar-refractivity contribution in [2.45, 2.75) is 19.0 Å². The summed E-state index contributed by atoms with van der Waals surface area (Å²) in [5.41, 5.74) is 3.14. The molecule has 0 aromatic heterocycles. The molecule has 1 heterocycles. The Hall–Kier alpha value is -2.49. The monoisotopic (exact) mass is 282 g/mol. The molecule has 1 atom stereocenters. The summed E-state index contributed by atoms with van der Waals surface area (Å²) in [7, 11) is 1.79. The number of para-hydroxylation sites is 1. The lowest BCUT2D eigenvalue weighted by atomic mass is 10.1. The van der Waals surface area contributed by atoms with Gasteiger partial charge in [0.05, 0.1) is 0 Å². The maximum Gasteiger partial charge on any atom is 0.245 e. The first-order valence-corrected chi connectivity index (χ1v) is 7.01. The third-order valence-corrected chi connectivity index (χ3v) is 3.78. The summed E-state index contributed by atoms with van der Waals surface area (Å²) in [6.07, 6.45) is 0.722. The first kappa shape index (κ1) is 13.5. The average molecular weight is 282 g/mol. The van der Waals surface area contributed by atoms with Crippen molar-refractivity contribution in [1.29, 1.82) is 0 Å². The third-order valence-electron chi connectivity index (χ3n) is 3.78. The van der Waals surface area contributed by atoms with Crippen LogP contribution in [0.2, 0.25) is 0 Å². The van der Waals surface area contributed by atoms with Gasteiger partial charge in [-0.25, -0.2) is 0 Å². The van der Waals surface area contributed by atoms with Crippen LogP contribution in [-0.4, -0.2) is 29.0 Å². The molecule has 1 aliphatic rings. The van der Waals surface area contributed by atoms with Gasteiger partial charge < -0.3 is 15.3 Å². The summed E-state index contributed by atoms with van der Waals surface area (Å²) in [5, 5.41) is 12.8. The lowest BCUT2D eigenvalue weighted by Crippen LogP contribution is -2.39. The van der Waals surface area contributed by atoms with Crippen molar-refractivity contribution >= 4 is 11.6 Å². The zero-order valence-corrected chi connectivity index (χ0v) is 11.9. The Labute approximate surface area is 124 Å². The summed E-state index contributed by atoms with van der Waals surface area (Å²) in [6.45, 7) is 0.488. The van der Waals surface area contributed by atoms with Crippen LogP contribution in [0.3, 0.4) is 0 Å². The molecule has 0 radical (unpaired) electrons. The van der Waals surface area contributed by atoms with Crippen LogP contribution in [0.15, 0.2) is 48.5 Å². The van der Waals surface area contributed by atoms with Crippen molar-refractivity contribution in [3.05, 3.63) is 59.7 Å². The van der Waals surface area contributed by atoms with Gasteiger partial charge in [0.15, 0.2) is 0 Å². The molecule has 108 valence electrons. The van der Waals surface area contributed by atoms with Gasteiger partial charge in [-0.1, -0.05) is 30.3 Å². The molecule has 3 rings (SSSR count). The Bertz CT molecular complexity index is 644. The van der Waals surface area contributed by atoms with E-state index in [0.29, 0.717) is 6.54 Å². The van der Waals surface area contributed by atoms with Crippen LogP contribution in [0.25, 0.3) is 0 Å². The quantitative estimate of drug-likeness (QED) is 0.909. The topological polar surface area (TPSA) is 52.6 Å². The van der Waals surface area contributed by atoms with Gasteiger partial charge in [0, 0.05) is 25.7 Å². The van der Waals surface area contributed by atoms with E-state index < -0.39 is 0 Å². The highest BCUT2D eigenvalue weighted by Crippen LogP contribution is 2.26. The highest BCUT2D eigenvalue weighted by molar-refractivity contribution is 5.87. The Morgan fingerprint density at radius 1 is 1.29 bits per heavy atom. The third kappa shape index (κ3) is 2.84. The van der Waals surface area contributed by atoms with E-state index >= 15 is 0 Å². The van der Waals surface area contributed by atoms with Crippen molar-refractivity contribution in [2.75, 3.05) is 12.4 Å². The zero-order valence-electron chi connectivity index (χ0n) is 11.9. The Kier molecular flexibility index (Phi) is 3.52. The molecule has 0 saturated carbocycles. The lowest BCUT2D eigenvalue weighted by Gasteiger charge is -2.21. The number of carbonyl (C=O) groups is 1. The van der Waals surface area contributed by atoms with Crippen molar-refractivity contribution in [2.24, 2.45) is 0 Å². The van der Waals surface area contributed by atoms with Crippen LogP contribution in [0.5, 0.6) is 5.75 Å². The van der Waals surface area contributed by atoms with Gasteiger partial charge >= 0.3 is 0 Å². The number of hydrogen-bond donors (Lipinski definition) is 2. The number of rotatable bonds is 3. The van der Waals surface area contributed by atoms with Crippen LogP contribution in [0, 0.1) is 0 Å². The summed E-state index contributed by atoms with van der Waals surface area (Å²) < 4.78 is 0. The Morgan fingerprint density at radius 3 is 2.86 bits per heavy atom. The van der Waals surface area contributed by atoms with Gasteiger partial charge in [0.1, 0.15) is 11.8 Å². The van der Waals surface area contributed by atoms with E-state index in [0.717, 1.165) is 17.7 Å². The highest BCUT2D eigenvalue weighted by atomic mass is 16.3. The second kappa shape index (κ2) is 5.48. The molecule has 2 aromatic carbocycles. The minimum atomic E-state index is -0.204. The van der Waals surface area contributed by atoms with Gasteiger partial charge in [-0.05, 0) is 29.3 Å². The Morgan fingerprint density at radius 2 is 2.10 bits per heavy atom. The molecule has 0 bridgehead atoms. The van der Waals surface area contributed by atoms with E-state index in [1.807, 2.05) is 30.3 Å². The van der Waals surface area contributed by atoms with E-state index in [2.05, 4.69) is 5.32 Å². The molecule has 0 aliphatic carbocycles. The van der Waals surface area contributed by atoms with Gasteiger partial charge in [0.2, 0.25) is 5.91 Å². The number of amides is 1. The number of anilines is 1. The molecule has 1 unspecified atom stereocenters. The molecule has 2 N–H and O–H groups in total. The normalized spacial score (nSPS) is 16.1. The van der Waals surface area contributed by atoms with Gasteiger partial charge in [-0.15, -0.1) is 0 Å². The largest absolute Gasteiger partial charge is 0.508 e. The van der Waals surface area contributed by atoms with Crippen LogP contribution in [0.4, 0.5) is 5.69 Å². The van der Waals surface area contributed by atoms with Crippen molar-refractivity contribution < 1.29 is 9.90 Å². The van der Waals surface area contributed by atoms with Crippen LogP contribution < -0.4 is 5.32 Å². The smallest absolute Gasteiger partial charge is 0.245 e. The van der Waals surface area contributed by atoms with E-state index in [-0.39, 0.29) is 17.7 Å². The van der Waals surface area contributed by atoms with E-state index in [4.69, 9.17) is 0 Å². The van der Waals surface area contributed by atoms with Gasteiger partial charge in [-0.2, -0.15) is 0 Å². The number of benzene rings is 2. The number of fused-ring (bicyclic) bond motifs is 1. The molecule has 1 aliphatic heterocycles. The molecule has 2 aromatic rings. The van der Waals surface area contributed by atoms with Gasteiger partial charge in [-0.3, -0.25) is 4.79 Å². The zero-order chi connectivity index (χ0) is 14.8. The van der Waals surface area contributed by atoms with Crippen LogP contribution >= 0.6 is 0 Å². The molecule has 0 saturated heterocycles. The second-order valence-corrected chi connectivity index (χ2v) is 5.42. The number of nitrogens with zero attached hydrogens (tertiary/aromatic N) is 1. The summed E-state index contributed by atoms with van der Waals surface area (Å²) >= 11 is 0. The second-order valence-electron chi connectivity index (χ2n) is 5.42. The lowest BCUT2D eigenvalue weighted by molar-refractivity contribution is -0.131. The molecule has 4 nitrogen and oxygen atoms in total.